The van der Waals surface area contributed by atoms with Gasteiger partial charge in [-0.25, -0.2) is 9.37 Å². The Morgan fingerprint density at radius 1 is 1.38 bits per heavy atom. The van der Waals surface area contributed by atoms with E-state index in [0.29, 0.717) is 10.3 Å². The molecule has 0 aliphatic rings. The Morgan fingerprint density at radius 3 is 2.81 bits per heavy atom. The average molecular weight is 353 g/mol. The molecule has 0 spiro atoms. The number of aromatic nitrogens is 1. The Kier molecular flexibility index (Phi) is 4.90. The fourth-order valence-corrected chi connectivity index (χ4v) is 2.00. The van der Waals surface area contributed by atoms with Crippen LogP contribution in [0.3, 0.4) is 0 Å². The van der Waals surface area contributed by atoms with Crippen LogP contribution in [-0.4, -0.2) is 24.5 Å². The Labute approximate surface area is 130 Å². The van der Waals surface area contributed by atoms with E-state index in [1.165, 1.54) is 17.0 Å². The molecule has 6 heteroatoms. The summed E-state index contributed by atoms with van der Waals surface area (Å²) in [5.74, 6) is -0.263. The number of carbonyl (C=O) groups is 1. The highest BCUT2D eigenvalue weighted by Gasteiger charge is 2.14. The molecular formula is C15H14BrFN2O2. The van der Waals surface area contributed by atoms with Gasteiger partial charge in [-0.1, -0.05) is 22.0 Å². The fourth-order valence-electron chi connectivity index (χ4n) is 1.67. The lowest BCUT2D eigenvalue weighted by atomic mass is 10.3. The van der Waals surface area contributed by atoms with Crippen molar-refractivity contribution in [3.8, 4) is 5.75 Å². The minimum atomic E-state index is -0.520. The quantitative estimate of drug-likeness (QED) is 0.847. The number of rotatable bonds is 4. The van der Waals surface area contributed by atoms with Crippen LogP contribution >= 0.6 is 15.9 Å². The number of benzene rings is 1. The van der Waals surface area contributed by atoms with Crippen LogP contribution in [-0.2, 0) is 4.79 Å². The van der Waals surface area contributed by atoms with Gasteiger partial charge in [0.1, 0.15) is 5.82 Å². The highest BCUT2D eigenvalue weighted by atomic mass is 79.9. The second-order valence-corrected chi connectivity index (χ2v) is 5.37. The molecule has 0 atom stereocenters. The van der Waals surface area contributed by atoms with Gasteiger partial charge in [-0.3, -0.25) is 9.69 Å². The number of nitrogens with zero attached hydrogens (tertiary/aromatic N) is 2. The first-order chi connectivity index (χ1) is 9.97. The summed E-state index contributed by atoms with van der Waals surface area (Å²) >= 11 is 3.16. The molecule has 1 aromatic carbocycles. The van der Waals surface area contributed by atoms with Crippen molar-refractivity contribution < 1.29 is 13.9 Å². The standard InChI is InChI=1S/C15H14BrFN2O2/c1-10-4-3-5-14(18-10)19(2)15(20)9-21-13-7-6-11(16)8-12(13)17/h3-8H,9H2,1-2H3. The Balaban J connectivity index is 2.01. The van der Waals surface area contributed by atoms with Crippen LogP contribution in [0, 0.1) is 12.7 Å². The molecule has 110 valence electrons. The zero-order valence-corrected chi connectivity index (χ0v) is 13.2. The monoisotopic (exact) mass is 352 g/mol. The molecular weight excluding hydrogens is 339 g/mol. The van der Waals surface area contributed by atoms with Gasteiger partial charge in [-0.2, -0.15) is 0 Å². The van der Waals surface area contributed by atoms with Gasteiger partial charge in [0.05, 0.1) is 0 Å². The maximum Gasteiger partial charge on any atom is 0.265 e. The van der Waals surface area contributed by atoms with E-state index in [-0.39, 0.29) is 18.3 Å². The lowest BCUT2D eigenvalue weighted by molar-refractivity contribution is -0.120. The minimum Gasteiger partial charge on any atom is -0.481 e. The summed E-state index contributed by atoms with van der Waals surface area (Å²) in [6.45, 7) is 1.58. The number of aryl methyl sites for hydroxylation is 1. The maximum atomic E-state index is 13.6. The Morgan fingerprint density at radius 2 is 2.14 bits per heavy atom. The van der Waals surface area contributed by atoms with E-state index in [1.54, 1.807) is 19.2 Å². The van der Waals surface area contributed by atoms with Gasteiger partial charge in [-0.15, -0.1) is 0 Å². The largest absolute Gasteiger partial charge is 0.481 e. The van der Waals surface area contributed by atoms with Crippen LogP contribution in [0.1, 0.15) is 5.69 Å². The predicted octanol–water partition coefficient (Wildman–Crippen LogP) is 3.33. The zero-order chi connectivity index (χ0) is 15.4. The number of ether oxygens (including phenoxy) is 1. The van der Waals surface area contributed by atoms with Crippen molar-refractivity contribution in [2.45, 2.75) is 6.92 Å². The van der Waals surface area contributed by atoms with Crippen molar-refractivity contribution in [3.05, 3.63) is 52.4 Å². The van der Waals surface area contributed by atoms with Crippen LogP contribution < -0.4 is 9.64 Å². The molecule has 1 amide bonds. The molecule has 0 unspecified atom stereocenters. The molecule has 1 heterocycles. The molecule has 0 radical (unpaired) electrons. The highest BCUT2D eigenvalue weighted by Crippen LogP contribution is 2.21. The van der Waals surface area contributed by atoms with Crippen LogP contribution in [0.5, 0.6) is 5.75 Å². The van der Waals surface area contributed by atoms with Crippen molar-refractivity contribution in [2.24, 2.45) is 0 Å². The number of hydrogen-bond acceptors (Lipinski definition) is 3. The van der Waals surface area contributed by atoms with Crippen LogP contribution in [0.2, 0.25) is 0 Å². The third-order valence-electron chi connectivity index (χ3n) is 2.84. The molecule has 4 nitrogen and oxygen atoms in total. The van der Waals surface area contributed by atoms with E-state index in [4.69, 9.17) is 4.74 Å². The summed E-state index contributed by atoms with van der Waals surface area (Å²) in [5.41, 5.74) is 0.812. The van der Waals surface area contributed by atoms with Gasteiger partial charge in [0.2, 0.25) is 0 Å². The normalized spacial score (nSPS) is 10.3. The smallest absolute Gasteiger partial charge is 0.265 e. The molecule has 0 saturated heterocycles. The number of anilines is 1. The molecule has 1 aromatic heterocycles. The number of hydrogen-bond donors (Lipinski definition) is 0. The molecule has 0 N–H and O–H groups in total. The molecule has 0 aliphatic heterocycles. The number of amides is 1. The van der Waals surface area contributed by atoms with E-state index in [1.807, 2.05) is 19.1 Å². The van der Waals surface area contributed by atoms with E-state index < -0.39 is 5.82 Å². The molecule has 21 heavy (non-hydrogen) atoms. The van der Waals surface area contributed by atoms with Crippen molar-refractivity contribution in [1.82, 2.24) is 4.98 Å². The summed E-state index contributed by atoms with van der Waals surface area (Å²) in [6.07, 6.45) is 0. The summed E-state index contributed by atoms with van der Waals surface area (Å²) in [6, 6.07) is 9.79. The second-order valence-electron chi connectivity index (χ2n) is 4.45. The van der Waals surface area contributed by atoms with Gasteiger partial charge in [0.25, 0.3) is 5.91 Å². The van der Waals surface area contributed by atoms with E-state index in [9.17, 15) is 9.18 Å². The fraction of sp³-hybridized carbons (Fsp3) is 0.200. The van der Waals surface area contributed by atoms with Crippen LogP contribution in [0.4, 0.5) is 10.2 Å². The summed E-state index contributed by atoms with van der Waals surface area (Å²) in [7, 11) is 1.60. The van der Waals surface area contributed by atoms with Crippen molar-refractivity contribution >= 4 is 27.7 Å². The summed E-state index contributed by atoms with van der Waals surface area (Å²) < 4.78 is 19.4. The van der Waals surface area contributed by atoms with Crippen molar-refractivity contribution in [1.29, 1.82) is 0 Å². The third-order valence-corrected chi connectivity index (χ3v) is 3.33. The Bertz CT molecular complexity index is 664. The lowest BCUT2D eigenvalue weighted by Gasteiger charge is -2.17. The van der Waals surface area contributed by atoms with Gasteiger partial charge >= 0.3 is 0 Å². The maximum absolute atomic E-state index is 13.6. The van der Waals surface area contributed by atoms with E-state index in [0.717, 1.165) is 5.69 Å². The van der Waals surface area contributed by atoms with Crippen LogP contribution in [0.25, 0.3) is 0 Å². The molecule has 0 aliphatic carbocycles. The topological polar surface area (TPSA) is 42.4 Å². The lowest BCUT2D eigenvalue weighted by Crippen LogP contribution is -2.32. The van der Waals surface area contributed by atoms with Gasteiger partial charge in [-0.05, 0) is 37.3 Å². The van der Waals surface area contributed by atoms with Gasteiger partial charge in [0.15, 0.2) is 18.2 Å². The minimum absolute atomic E-state index is 0.0390. The molecule has 2 aromatic rings. The molecule has 0 fully saturated rings. The summed E-state index contributed by atoms with van der Waals surface area (Å²) in [5, 5.41) is 0. The first-order valence-electron chi connectivity index (χ1n) is 6.25. The second kappa shape index (κ2) is 6.67. The van der Waals surface area contributed by atoms with Crippen molar-refractivity contribution in [2.75, 3.05) is 18.6 Å². The number of likely N-dealkylation sites (N-methyl/N-ethyl adjacent to an activating group) is 1. The SMILES string of the molecule is Cc1cccc(N(C)C(=O)COc2ccc(Br)cc2F)n1. The van der Waals surface area contributed by atoms with E-state index in [2.05, 4.69) is 20.9 Å². The molecule has 0 saturated carbocycles. The van der Waals surface area contributed by atoms with Crippen molar-refractivity contribution in [3.63, 3.8) is 0 Å². The van der Waals surface area contributed by atoms with Gasteiger partial charge in [0, 0.05) is 17.2 Å². The third kappa shape index (κ3) is 4.01. The average Bonchev–Trinajstić information content (AvgIpc) is 2.45. The Hall–Kier alpha value is -1.95. The first kappa shape index (κ1) is 15.4. The predicted molar refractivity (Wildman–Crippen MR) is 82.0 cm³/mol. The van der Waals surface area contributed by atoms with Crippen LogP contribution in [0.15, 0.2) is 40.9 Å². The molecule has 0 bridgehead atoms. The molecule has 2 rings (SSSR count). The number of halogens is 2. The van der Waals surface area contributed by atoms with E-state index >= 15 is 0 Å². The summed E-state index contributed by atoms with van der Waals surface area (Å²) in [4.78, 5) is 17.7. The first-order valence-corrected chi connectivity index (χ1v) is 7.05. The van der Waals surface area contributed by atoms with Gasteiger partial charge < -0.3 is 4.74 Å². The number of pyridine rings is 1. The number of carbonyl (C=O) groups excluding carboxylic acids is 1. The zero-order valence-electron chi connectivity index (χ0n) is 11.6. The highest BCUT2D eigenvalue weighted by molar-refractivity contribution is 9.10.